The van der Waals surface area contributed by atoms with Gasteiger partial charge in [-0.3, -0.25) is 0 Å². The van der Waals surface area contributed by atoms with E-state index in [4.69, 9.17) is 9.97 Å². The minimum Gasteiger partial charge on any atom is -0.248 e. The maximum Gasteiger partial charge on any atom is 0.0709 e. The molecule has 0 aliphatic rings. The van der Waals surface area contributed by atoms with Gasteiger partial charge in [0.15, 0.2) is 0 Å². The molecule has 38 heavy (non-hydrogen) atoms. The lowest BCUT2D eigenvalue weighted by atomic mass is 9.91. The summed E-state index contributed by atoms with van der Waals surface area (Å²) < 4.78 is 0. The topological polar surface area (TPSA) is 25.8 Å². The Morgan fingerprint density at radius 1 is 0.342 bits per heavy atom. The number of nitrogens with zero attached hydrogens (tertiary/aromatic N) is 2. The van der Waals surface area contributed by atoms with Gasteiger partial charge in [0.05, 0.1) is 22.4 Å². The zero-order valence-corrected chi connectivity index (χ0v) is 20.8. The minimum atomic E-state index is 0.947. The fraction of sp³-hybridized carbons (Fsp3) is 0. The van der Waals surface area contributed by atoms with Gasteiger partial charge in [0, 0.05) is 10.8 Å². The summed E-state index contributed by atoms with van der Waals surface area (Å²) in [6.07, 6.45) is 8.66. The van der Waals surface area contributed by atoms with E-state index in [0.29, 0.717) is 0 Å². The molecule has 0 atom stereocenters. The molecule has 2 heteroatoms. The lowest BCUT2D eigenvalue weighted by molar-refractivity contribution is 1.37. The third-order valence-corrected chi connectivity index (χ3v) is 7.10. The fourth-order valence-corrected chi connectivity index (χ4v) is 5.24. The molecule has 0 spiro atoms. The first kappa shape index (κ1) is 22.1. The van der Waals surface area contributed by atoms with Gasteiger partial charge in [-0.05, 0) is 69.1 Å². The normalized spacial score (nSPS) is 12.0. The molecule has 5 aromatic carbocycles. The second-order valence-corrected chi connectivity index (χ2v) is 9.44. The predicted molar refractivity (Wildman–Crippen MR) is 163 cm³/mol. The Labute approximate surface area is 221 Å². The Hall–Kier alpha value is -5.08. The summed E-state index contributed by atoms with van der Waals surface area (Å²) in [4.78, 5) is 9.70. The Morgan fingerprint density at radius 3 is 1.13 bits per heavy atom. The van der Waals surface area contributed by atoms with Crippen molar-refractivity contribution in [3.8, 4) is 0 Å². The molecule has 178 valence electrons. The molecule has 2 aromatic heterocycles. The molecule has 0 saturated heterocycles. The Morgan fingerprint density at radius 2 is 0.711 bits per heavy atom. The molecule has 0 unspecified atom stereocenters. The van der Waals surface area contributed by atoms with Gasteiger partial charge in [0.2, 0.25) is 0 Å². The van der Waals surface area contributed by atoms with E-state index in [9.17, 15) is 0 Å². The highest BCUT2D eigenvalue weighted by atomic mass is 14.7. The van der Waals surface area contributed by atoms with Gasteiger partial charge in [-0.25, -0.2) is 9.97 Å². The molecule has 0 aliphatic heterocycles. The van der Waals surface area contributed by atoms with Crippen LogP contribution in [-0.4, -0.2) is 9.97 Å². The molecule has 0 fully saturated rings. The SMILES string of the molecule is C(=C\c1c2ccccc2c(/C=C/c2ccc3ccccc3n2)c2ccccc12)/c1ccc2ccccc2n1. The van der Waals surface area contributed by atoms with Gasteiger partial charge in [-0.1, -0.05) is 109 Å². The number of pyridine rings is 2. The molecule has 2 heterocycles. The Kier molecular flexibility index (Phi) is 5.49. The number of benzene rings is 5. The van der Waals surface area contributed by atoms with Gasteiger partial charge >= 0.3 is 0 Å². The van der Waals surface area contributed by atoms with E-state index in [2.05, 4.69) is 121 Å². The maximum atomic E-state index is 4.85. The minimum absolute atomic E-state index is 0.947. The summed E-state index contributed by atoms with van der Waals surface area (Å²) >= 11 is 0. The molecule has 2 nitrogen and oxygen atoms in total. The van der Waals surface area contributed by atoms with Crippen molar-refractivity contribution < 1.29 is 0 Å². The number of fused-ring (bicyclic) bond motifs is 4. The van der Waals surface area contributed by atoms with Crippen molar-refractivity contribution in [2.24, 2.45) is 0 Å². The Bertz CT molecular complexity index is 1830. The van der Waals surface area contributed by atoms with Gasteiger partial charge in [0.25, 0.3) is 0 Å². The van der Waals surface area contributed by atoms with E-state index in [1.807, 2.05) is 24.3 Å². The first-order valence-electron chi connectivity index (χ1n) is 12.8. The number of hydrogen-bond acceptors (Lipinski definition) is 2. The summed E-state index contributed by atoms with van der Waals surface area (Å²) in [6, 6.07) is 42.2. The summed E-state index contributed by atoms with van der Waals surface area (Å²) in [6.45, 7) is 0. The van der Waals surface area contributed by atoms with Crippen molar-refractivity contribution in [3.05, 3.63) is 144 Å². The van der Waals surface area contributed by atoms with E-state index >= 15 is 0 Å². The van der Waals surface area contributed by atoms with Crippen molar-refractivity contribution in [1.29, 1.82) is 0 Å². The monoisotopic (exact) mass is 484 g/mol. The average molecular weight is 485 g/mol. The van der Waals surface area contributed by atoms with Crippen LogP contribution in [0, 0.1) is 0 Å². The quantitative estimate of drug-likeness (QED) is 0.233. The van der Waals surface area contributed by atoms with E-state index < -0.39 is 0 Å². The Balaban J connectivity index is 1.37. The number of hydrogen-bond donors (Lipinski definition) is 0. The molecule has 0 saturated carbocycles. The van der Waals surface area contributed by atoms with Crippen LogP contribution >= 0.6 is 0 Å². The van der Waals surface area contributed by atoms with E-state index in [-0.39, 0.29) is 0 Å². The van der Waals surface area contributed by atoms with E-state index in [1.165, 1.54) is 32.7 Å². The van der Waals surface area contributed by atoms with Crippen LogP contribution in [0.15, 0.2) is 121 Å². The third-order valence-electron chi connectivity index (χ3n) is 7.10. The molecule has 7 aromatic rings. The van der Waals surface area contributed by atoms with Crippen LogP contribution in [0.1, 0.15) is 22.5 Å². The maximum absolute atomic E-state index is 4.85. The second kappa shape index (κ2) is 9.42. The van der Waals surface area contributed by atoms with Crippen LogP contribution in [0.4, 0.5) is 0 Å². The first-order valence-corrected chi connectivity index (χ1v) is 12.8. The molecule has 0 aliphatic carbocycles. The molecule has 0 N–H and O–H groups in total. The van der Waals surface area contributed by atoms with Crippen LogP contribution in [0.25, 0.3) is 67.7 Å². The zero-order valence-electron chi connectivity index (χ0n) is 20.8. The van der Waals surface area contributed by atoms with Crippen LogP contribution in [0.3, 0.4) is 0 Å². The van der Waals surface area contributed by atoms with Crippen molar-refractivity contribution in [3.63, 3.8) is 0 Å². The number of para-hydroxylation sites is 2. The van der Waals surface area contributed by atoms with Crippen LogP contribution in [0.5, 0.6) is 0 Å². The van der Waals surface area contributed by atoms with Crippen LogP contribution in [-0.2, 0) is 0 Å². The zero-order chi connectivity index (χ0) is 25.3. The van der Waals surface area contributed by atoms with Gasteiger partial charge < -0.3 is 0 Å². The largest absolute Gasteiger partial charge is 0.248 e. The average Bonchev–Trinajstić information content (AvgIpc) is 2.98. The summed E-state index contributed by atoms with van der Waals surface area (Å²) in [5, 5.41) is 7.17. The van der Waals surface area contributed by atoms with Gasteiger partial charge in [0.1, 0.15) is 0 Å². The number of aromatic nitrogens is 2. The molecular formula is C36H24N2. The lowest BCUT2D eigenvalue weighted by Crippen LogP contribution is -1.89. The molecule has 7 rings (SSSR count). The second-order valence-electron chi connectivity index (χ2n) is 9.44. The fourth-order valence-electron chi connectivity index (χ4n) is 5.24. The van der Waals surface area contributed by atoms with Crippen molar-refractivity contribution in [1.82, 2.24) is 9.97 Å². The summed E-state index contributed by atoms with van der Waals surface area (Å²) in [5.74, 6) is 0. The highest BCUT2D eigenvalue weighted by Crippen LogP contribution is 2.35. The number of rotatable bonds is 4. The van der Waals surface area contributed by atoms with Crippen molar-refractivity contribution in [2.45, 2.75) is 0 Å². The lowest BCUT2D eigenvalue weighted by Gasteiger charge is -2.13. The van der Waals surface area contributed by atoms with Gasteiger partial charge in [-0.2, -0.15) is 0 Å². The van der Waals surface area contributed by atoms with Crippen molar-refractivity contribution in [2.75, 3.05) is 0 Å². The standard InChI is InChI=1S/C36H24N2/c1-7-15-35-25(9-1)17-19-27(37-35)21-23-33-29-11-3-5-13-31(29)34(32-14-6-4-12-30(32)33)24-22-28-20-18-26-10-2-8-16-36(26)38-28/h1-24H/b23-21+,24-22+. The van der Waals surface area contributed by atoms with Crippen molar-refractivity contribution >= 4 is 67.7 Å². The molecular weight excluding hydrogens is 460 g/mol. The molecule has 0 bridgehead atoms. The third kappa shape index (κ3) is 4.03. The van der Waals surface area contributed by atoms with Crippen LogP contribution < -0.4 is 0 Å². The smallest absolute Gasteiger partial charge is 0.0709 e. The van der Waals surface area contributed by atoms with Gasteiger partial charge in [-0.15, -0.1) is 0 Å². The van der Waals surface area contributed by atoms with E-state index in [0.717, 1.165) is 33.2 Å². The molecule has 0 radical (unpaired) electrons. The summed E-state index contributed by atoms with van der Waals surface area (Å²) in [7, 11) is 0. The highest BCUT2D eigenvalue weighted by Gasteiger charge is 2.11. The predicted octanol–water partition coefficient (Wildman–Crippen LogP) is 9.43. The van der Waals surface area contributed by atoms with E-state index in [1.54, 1.807) is 0 Å². The first-order chi connectivity index (χ1) is 18.8. The summed E-state index contributed by atoms with van der Waals surface area (Å²) in [5.41, 5.74) is 6.31. The molecule has 0 amide bonds. The van der Waals surface area contributed by atoms with Crippen LogP contribution in [0.2, 0.25) is 0 Å². The highest BCUT2D eigenvalue weighted by molar-refractivity contribution is 6.14.